The van der Waals surface area contributed by atoms with Gasteiger partial charge in [-0.15, -0.1) is 0 Å². The van der Waals surface area contributed by atoms with E-state index in [9.17, 15) is 22.4 Å². The fraction of sp³-hybridized carbons (Fsp3) is 0.543. The van der Waals surface area contributed by atoms with Crippen molar-refractivity contribution >= 4 is 11.8 Å². The van der Waals surface area contributed by atoms with Crippen molar-refractivity contribution in [3.8, 4) is 0 Å². The van der Waals surface area contributed by atoms with Gasteiger partial charge in [-0.2, -0.15) is 13.2 Å². The van der Waals surface area contributed by atoms with Crippen LogP contribution in [0, 0.1) is 17.7 Å². The van der Waals surface area contributed by atoms with E-state index in [-0.39, 0.29) is 23.9 Å². The Labute approximate surface area is 268 Å². The summed E-state index contributed by atoms with van der Waals surface area (Å²) in [5.41, 5.74) is 0.547. The molecule has 2 atom stereocenters. The number of piperidine rings is 1. The van der Waals surface area contributed by atoms with Crippen LogP contribution in [0.4, 0.5) is 28.0 Å². The molecule has 1 amide bonds. The highest BCUT2D eigenvalue weighted by Gasteiger charge is 2.53. The zero-order valence-electron chi connectivity index (χ0n) is 26.6. The van der Waals surface area contributed by atoms with E-state index in [1.807, 2.05) is 23.4 Å². The van der Waals surface area contributed by atoms with Gasteiger partial charge in [-0.25, -0.2) is 14.2 Å². The number of hydrogen-bond donors (Lipinski definition) is 0. The number of methoxy groups -OCH3 is 1. The summed E-state index contributed by atoms with van der Waals surface area (Å²) in [4.78, 5) is 24.2. The Balaban J connectivity index is 1.21. The van der Waals surface area contributed by atoms with Gasteiger partial charge in [-0.1, -0.05) is 19.1 Å². The first-order valence-corrected chi connectivity index (χ1v) is 16.4. The number of aryl methyl sites for hydroxylation is 1. The molecule has 0 radical (unpaired) electrons. The third kappa shape index (κ3) is 6.35. The summed E-state index contributed by atoms with van der Waals surface area (Å²) >= 11 is 0. The Hall–Kier alpha value is -3.60. The Bertz CT molecular complexity index is 1480. The number of imidazole rings is 1. The van der Waals surface area contributed by atoms with E-state index in [0.29, 0.717) is 19.0 Å². The maximum Gasteiger partial charge on any atom is 0.416 e. The second-order valence-corrected chi connectivity index (χ2v) is 13.1. The van der Waals surface area contributed by atoms with Crippen LogP contribution in [0.5, 0.6) is 0 Å². The number of likely N-dealkylation sites (tertiary alicyclic amines) is 2. The van der Waals surface area contributed by atoms with Gasteiger partial charge in [0.15, 0.2) is 0 Å². The second kappa shape index (κ2) is 13.3. The van der Waals surface area contributed by atoms with Crippen molar-refractivity contribution in [2.24, 2.45) is 11.8 Å². The number of nitrogens with zero attached hydrogens (tertiary/aromatic N) is 5. The zero-order valence-corrected chi connectivity index (χ0v) is 26.6. The molecule has 2 aromatic carbocycles. The predicted molar refractivity (Wildman–Crippen MR) is 168 cm³/mol. The van der Waals surface area contributed by atoms with Crippen LogP contribution in [0.3, 0.4) is 0 Å². The summed E-state index contributed by atoms with van der Waals surface area (Å²) in [5.74, 6) is 1.29. The summed E-state index contributed by atoms with van der Waals surface area (Å²) in [5, 5.41) is 0. The molecule has 0 spiro atoms. The minimum atomic E-state index is -4.33. The molecule has 46 heavy (non-hydrogen) atoms. The van der Waals surface area contributed by atoms with Crippen molar-refractivity contribution in [1.29, 1.82) is 0 Å². The molecule has 6 rings (SSSR count). The number of halogens is 4. The fourth-order valence-electron chi connectivity index (χ4n) is 8.28. The molecule has 2 unspecified atom stereocenters. The van der Waals surface area contributed by atoms with Crippen molar-refractivity contribution in [2.45, 2.75) is 63.2 Å². The minimum Gasteiger partial charge on any atom is -0.453 e. The molecule has 3 aromatic rings. The van der Waals surface area contributed by atoms with E-state index in [1.54, 1.807) is 24.3 Å². The first-order valence-electron chi connectivity index (χ1n) is 16.4. The Morgan fingerprint density at radius 1 is 1.00 bits per heavy atom. The predicted octanol–water partition coefficient (Wildman–Crippen LogP) is 6.62. The van der Waals surface area contributed by atoms with Crippen molar-refractivity contribution in [3.05, 3.63) is 83.7 Å². The number of carbonyl (C=O) groups excluding carboxylic acids is 1. The van der Waals surface area contributed by atoms with Gasteiger partial charge in [-0.3, -0.25) is 0 Å². The number of alkyl halides is 3. The number of benzene rings is 2. The largest absolute Gasteiger partial charge is 0.453 e. The van der Waals surface area contributed by atoms with E-state index in [2.05, 4.69) is 26.3 Å². The van der Waals surface area contributed by atoms with Crippen LogP contribution >= 0.6 is 0 Å². The fourth-order valence-corrected chi connectivity index (χ4v) is 8.28. The van der Waals surface area contributed by atoms with E-state index in [0.717, 1.165) is 94.0 Å². The summed E-state index contributed by atoms with van der Waals surface area (Å²) in [7, 11) is 1.42. The monoisotopic (exact) mass is 641 g/mol. The lowest BCUT2D eigenvalue weighted by Gasteiger charge is -2.51. The molecule has 0 bridgehead atoms. The number of aromatic nitrogens is 2. The van der Waals surface area contributed by atoms with E-state index in [1.165, 1.54) is 13.2 Å². The molecule has 0 aliphatic carbocycles. The Morgan fingerprint density at radius 3 is 2.39 bits per heavy atom. The number of carbonyl (C=O) groups is 1. The van der Waals surface area contributed by atoms with Crippen molar-refractivity contribution in [2.75, 3.05) is 51.3 Å². The van der Waals surface area contributed by atoms with Gasteiger partial charge in [0.25, 0.3) is 0 Å². The van der Waals surface area contributed by atoms with Gasteiger partial charge in [-0.05, 0) is 86.7 Å². The summed E-state index contributed by atoms with van der Waals surface area (Å²) in [6.45, 7) is 7.60. The molecule has 0 saturated carbocycles. The maximum atomic E-state index is 15.0. The lowest BCUT2D eigenvalue weighted by atomic mass is 9.61. The quantitative estimate of drug-likeness (QED) is 0.246. The third-order valence-corrected chi connectivity index (χ3v) is 10.5. The summed E-state index contributed by atoms with van der Waals surface area (Å²) in [6, 6.07) is 12.2. The molecule has 11 heteroatoms. The summed E-state index contributed by atoms with van der Waals surface area (Å²) < 4.78 is 61.4. The molecule has 248 valence electrons. The lowest BCUT2D eigenvalue weighted by molar-refractivity contribution is -0.137. The van der Waals surface area contributed by atoms with Crippen LogP contribution < -0.4 is 4.90 Å². The van der Waals surface area contributed by atoms with Gasteiger partial charge in [0.05, 0.1) is 12.7 Å². The van der Waals surface area contributed by atoms with E-state index in [4.69, 9.17) is 4.74 Å². The highest BCUT2D eigenvalue weighted by Crippen LogP contribution is 2.48. The average molecular weight is 642 g/mol. The van der Waals surface area contributed by atoms with Crippen molar-refractivity contribution in [3.63, 3.8) is 0 Å². The van der Waals surface area contributed by atoms with Gasteiger partial charge >= 0.3 is 12.3 Å². The lowest BCUT2D eigenvalue weighted by Crippen LogP contribution is -2.58. The average Bonchev–Trinajstić information content (AvgIpc) is 3.71. The third-order valence-electron chi connectivity index (χ3n) is 10.5. The molecular formula is C35H43F4N5O2. The van der Waals surface area contributed by atoms with Crippen LogP contribution in [0.2, 0.25) is 0 Å². The van der Waals surface area contributed by atoms with Crippen LogP contribution in [-0.4, -0.2) is 77.9 Å². The smallest absolute Gasteiger partial charge is 0.416 e. The van der Waals surface area contributed by atoms with Crippen LogP contribution in [0.1, 0.15) is 49.6 Å². The van der Waals surface area contributed by atoms with Crippen LogP contribution in [0.15, 0.2) is 60.9 Å². The van der Waals surface area contributed by atoms with Gasteiger partial charge in [0.1, 0.15) is 11.6 Å². The molecule has 3 fully saturated rings. The van der Waals surface area contributed by atoms with Crippen LogP contribution in [0.25, 0.3) is 0 Å². The minimum absolute atomic E-state index is 0.158. The molecule has 3 aliphatic heterocycles. The molecule has 0 N–H and O–H groups in total. The second-order valence-electron chi connectivity index (χ2n) is 13.1. The van der Waals surface area contributed by atoms with E-state index < -0.39 is 17.2 Å². The highest BCUT2D eigenvalue weighted by molar-refractivity contribution is 5.68. The number of rotatable bonds is 9. The van der Waals surface area contributed by atoms with Crippen molar-refractivity contribution < 1.29 is 27.1 Å². The van der Waals surface area contributed by atoms with Gasteiger partial charge in [0, 0.05) is 74.6 Å². The molecule has 1 aromatic heterocycles. The molecular weight excluding hydrogens is 598 g/mol. The summed E-state index contributed by atoms with van der Waals surface area (Å²) in [6.07, 6.45) is 3.36. The topological polar surface area (TPSA) is 53.8 Å². The number of amides is 1. The molecule has 3 aliphatic rings. The number of hydrogen-bond acceptors (Lipinski definition) is 5. The van der Waals surface area contributed by atoms with Gasteiger partial charge < -0.3 is 24.0 Å². The normalized spacial score (nSPS) is 21.3. The maximum absolute atomic E-state index is 15.0. The highest BCUT2D eigenvalue weighted by atomic mass is 19.4. The first kappa shape index (κ1) is 32.3. The van der Waals surface area contributed by atoms with Gasteiger partial charge in [0.2, 0.25) is 0 Å². The number of ether oxygens (including phenoxy) is 1. The van der Waals surface area contributed by atoms with Crippen molar-refractivity contribution in [1.82, 2.24) is 19.4 Å². The number of anilines is 1. The molecule has 3 saturated heterocycles. The standard InChI is InChI=1S/C35H43F4N5O2/c1-3-32-40-15-19-42(32)24-34(28-6-4-7-29(36)20-28,31-8-5-16-44(31)33(45)46-2)26-13-17-41(18-14-26)21-25-22-43(23-25)30-11-9-27(10-12-30)35(37,38)39/h4,6-7,9-12,15,19-20,25-26,31H,3,5,8,13-14,16-18,21-24H2,1-2H3. The molecule has 7 nitrogen and oxygen atoms in total. The Morgan fingerprint density at radius 2 is 1.74 bits per heavy atom. The van der Waals surface area contributed by atoms with E-state index >= 15 is 0 Å². The SMILES string of the molecule is CCc1nccn1CC(c1cccc(F)c1)(C1CCN(CC2CN(c3ccc(C(F)(F)F)cc3)C2)CC1)C1CCCN1C(=O)OC. The molecule has 4 heterocycles. The zero-order chi connectivity index (χ0) is 32.5. The first-order chi connectivity index (χ1) is 22.1. The Kier molecular flexibility index (Phi) is 9.32. The van der Waals surface area contributed by atoms with Crippen LogP contribution in [-0.2, 0) is 29.3 Å².